The van der Waals surface area contributed by atoms with E-state index in [1.165, 1.54) is 0 Å². The van der Waals surface area contributed by atoms with Crippen LogP contribution in [0.1, 0.15) is 32.1 Å². The molecule has 92 valence electrons. The molecule has 3 nitrogen and oxygen atoms in total. The fourth-order valence-corrected chi connectivity index (χ4v) is 1.26. The maximum absolute atomic E-state index is 5.47. The van der Waals surface area contributed by atoms with E-state index in [-0.39, 0.29) is 0 Å². The second kappa shape index (κ2) is 7.49. The Morgan fingerprint density at radius 1 is 1.18 bits per heavy atom. The Balaban J connectivity index is 0.000000686. The van der Waals surface area contributed by atoms with E-state index in [4.69, 9.17) is 9.26 Å². The molecule has 17 heavy (non-hydrogen) atoms. The minimum absolute atomic E-state index is 0.524. The Morgan fingerprint density at radius 2 is 1.88 bits per heavy atom. The summed E-state index contributed by atoms with van der Waals surface area (Å²) in [6.07, 6.45) is 0.835. The molecule has 0 saturated heterocycles. The monoisotopic (exact) mass is 233 g/mol. The second-order valence-corrected chi connectivity index (χ2v) is 3.26. The van der Waals surface area contributed by atoms with Crippen molar-refractivity contribution in [3.8, 4) is 5.88 Å². The first-order valence-electron chi connectivity index (χ1n) is 6.01. The van der Waals surface area contributed by atoms with E-state index in [2.05, 4.69) is 5.16 Å². The number of hydrogen-bond donors (Lipinski definition) is 0. The van der Waals surface area contributed by atoms with Crippen LogP contribution in [0.15, 0.2) is 40.9 Å². The Morgan fingerprint density at radius 3 is 2.47 bits per heavy atom. The minimum atomic E-state index is 0.524. The molecule has 0 aliphatic rings. The number of aryl methyl sites for hydroxylation is 1. The quantitative estimate of drug-likeness (QED) is 0.804. The van der Waals surface area contributed by atoms with Crippen molar-refractivity contribution in [3.05, 3.63) is 47.7 Å². The van der Waals surface area contributed by atoms with Crippen LogP contribution in [0.25, 0.3) is 0 Å². The van der Waals surface area contributed by atoms with Crippen molar-refractivity contribution in [3.63, 3.8) is 0 Å². The summed E-state index contributed by atoms with van der Waals surface area (Å²) < 4.78 is 10.5. The minimum Gasteiger partial charge on any atom is -0.471 e. The van der Waals surface area contributed by atoms with Gasteiger partial charge in [0.05, 0.1) is 0 Å². The molecule has 1 aromatic carbocycles. The van der Waals surface area contributed by atoms with E-state index in [1.54, 1.807) is 0 Å². The molecule has 1 heterocycles. The summed E-state index contributed by atoms with van der Waals surface area (Å²) in [5.41, 5.74) is 1.12. The lowest BCUT2D eigenvalue weighted by molar-refractivity contribution is 0.266. The highest BCUT2D eigenvalue weighted by molar-refractivity contribution is 5.16. The molecule has 2 rings (SSSR count). The molecule has 3 heteroatoms. The van der Waals surface area contributed by atoms with E-state index in [0.717, 1.165) is 17.7 Å². The van der Waals surface area contributed by atoms with Gasteiger partial charge in [-0.2, -0.15) is 0 Å². The van der Waals surface area contributed by atoms with Crippen LogP contribution in [-0.4, -0.2) is 5.16 Å². The van der Waals surface area contributed by atoms with Gasteiger partial charge in [0.2, 0.25) is 0 Å². The molecule has 0 aliphatic heterocycles. The van der Waals surface area contributed by atoms with Crippen LogP contribution in [0.5, 0.6) is 5.88 Å². The lowest BCUT2D eigenvalue weighted by Crippen LogP contribution is -1.94. The fourth-order valence-electron chi connectivity index (χ4n) is 1.26. The van der Waals surface area contributed by atoms with Crippen LogP contribution >= 0.6 is 0 Å². The highest BCUT2D eigenvalue weighted by atomic mass is 16.5. The molecular weight excluding hydrogens is 214 g/mol. The SMILES string of the molecule is CC.CCc1cc(OCc2ccccc2)no1. The van der Waals surface area contributed by atoms with Crippen LogP contribution in [0.2, 0.25) is 0 Å². The maximum Gasteiger partial charge on any atom is 0.254 e. The van der Waals surface area contributed by atoms with E-state index >= 15 is 0 Å². The third kappa shape index (κ3) is 4.31. The van der Waals surface area contributed by atoms with Gasteiger partial charge in [0.25, 0.3) is 5.88 Å². The second-order valence-electron chi connectivity index (χ2n) is 3.26. The van der Waals surface area contributed by atoms with Gasteiger partial charge in [0, 0.05) is 12.5 Å². The van der Waals surface area contributed by atoms with Gasteiger partial charge < -0.3 is 9.26 Å². The van der Waals surface area contributed by atoms with Crippen LogP contribution in [-0.2, 0) is 13.0 Å². The topological polar surface area (TPSA) is 35.3 Å². The summed E-state index contributed by atoms with van der Waals surface area (Å²) in [6.45, 7) is 6.54. The van der Waals surface area contributed by atoms with Crippen LogP contribution in [0.3, 0.4) is 0 Å². The van der Waals surface area contributed by atoms with E-state index < -0.39 is 0 Å². The van der Waals surface area contributed by atoms with Gasteiger partial charge >= 0.3 is 0 Å². The van der Waals surface area contributed by atoms with Gasteiger partial charge in [0.15, 0.2) is 0 Å². The van der Waals surface area contributed by atoms with Gasteiger partial charge in [0.1, 0.15) is 12.4 Å². The van der Waals surface area contributed by atoms with Crippen LogP contribution in [0, 0.1) is 0 Å². The van der Waals surface area contributed by atoms with E-state index in [1.807, 2.05) is 57.2 Å². The number of hydrogen-bond acceptors (Lipinski definition) is 3. The summed E-state index contributed by atoms with van der Waals surface area (Å²) >= 11 is 0. The zero-order valence-electron chi connectivity index (χ0n) is 10.6. The standard InChI is InChI=1S/C12H13NO2.C2H6/c1-2-11-8-12(13-15-11)14-9-10-6-4-3-5-7-10;1-2/h3-8H,2,9H2,1H3;1-2H3. The van der Waals surface area contributed by atoms with E-state index in [0.29, 0.717) is 12.5 Å². The first kappa shape index (κ1) is 13.3. The van der Waals surface area contributed by atoms with Crippen molar-refractivity contribution < 1.29 is 9.26 Å². The first-order valence-corrected chi connectivity index (χ1v) is 6.01. The Kier molecular flexibility index (Phi) is 5.86. The third-order valence-electron chi connectivity index (χ3n) is 2.12. The van der Waals surface area contributed by atoms with Gasteiger partial charge in [-0.1, -0.05) is 51.1 Å². The number of ether oxygens (including phenoxy) is 1. The smallest absolute Gasteiger partial charge is 0.254 e. The number of rotatable bonds is 4. The third-order valence-corrected chi connectivity index (χ3v) is 2.12. The molecule has 0 saturated carbocycles. The average Bonchev–Trinajstić information content (AvgIpc) is 2.88. The molecule has 0 atom stereocenters. The molecule has 1 aromatic heterocycles. The summed E-state index contributed by atoms with van der Waals surface area (Å²) in [7, 11) is 0. The molecule has 0 spiro atoms. The highest BCUT2D eigenvalue weighted by Crippen LogP contribution is 2.13. The zero-order valence-corrected chi connectivity index (χ0v) is 10.6. The van der Waals surface area contributed by atoms with Crippen molar-refractivity contribution in [2.45, 2.75) is 33.8 Å². The van der Waals surface area contributed by atoms with Gasteiger partial charge in [-0.15, -0.1) is 0 Å². The predicted molar refractivity (Wildman–Crippen MR) is 68.0 cm³/mol. The lowest BCUT2D eigenvalue weighted by Gasteiger charge is -2.00. The predicted octanol–water partition coefficient (Wildman–Crippen LogP) is 3.84. The normalized spacial score (nSPS) is 9.35. The van der Waals surface area contributed by atoms with Crippen molar-refractivity contribution >= 4 is 0 Å². The Bertz CT molecular complexity index is 409. The summed E-state index contributed by atoms with van der Waals surface area (Å²) in [4.78, 5) is 0. The molecular formula is C14H19NO2. The summed E-state index contributed by atoms with van der Waals surface area (Å²) in [5, 5.41) is 3.80. The molecule has 2 aromatic rings. The zero-order chi connectivity index (χ0) is 12.5. The number of aromatic nitrogens is 1. The van der Waals surface area contributed by atoms with Crippen molar-refractivity contribution in [2.24, 2.45) is 0 Å². The fraction of sp³-hybridized carbons (Fsp3) is 0.357. The number of nitrogens with zero attached hydrogens (tertiary/aromatic N) is 1. The highest BCUT2D eigenvalue weighted by Gasteiger charge is 2.02. The molecule has 0 bridgehead atoms. The van der Waals surface area contributed by atoms with Crippen molar-refractivity contribution in [1.29, 1.82) is 0 Å². The first-order chi connectivity index (χ1) is 8.38. The van der Waals surface area contributed by atoms with Crippen molar-refractivity contribution in [1.82, 2.24) is 5.16 Å². The van der Waals surface area contributed by atoms with Crippen LogP contribution in [0.4, 0.5) is 0 Å². The Hall–Kier alpha value is -1.77. The molecule has 0 radical (unpaired) electrons. The molecule has 0 unspecified atom stereocenters. The summed E-state index contributed by atoms with van der Waals surface area (Å²) in [5.74, 6) is 1.40. The average molecular weight is 233 g/mol. The molecule has 0 aliphatic carbocycles. The maximum atomic E-state index is 5.47. The number of benzene rings is 1. The molecule has 0 N–H and O–H groups in total. The van der Waals surface area contributed by atoms with Crippen LogP contribution < -0.4 is 4.74 Å². The largest absolute Gasteiger partial charge is 0.471 e. The van der Waals surface area contributed by atoms with Crippen molar-refractivity contribution in [2.75, 3.05) is 0 Å². The summed E-state index contributed by atoms with van der Waals surface area (Å²) in [6, 6.07) is 11.8. The Labute approximate surface area is 102 Å². The van der Waals surface area contributed by atoms with Gasteiger partial charge in [-0.3, -0.25) is 0 Å². The van der Waals surface area contributed by atoms with E-state index in [9.17, 15) is 0 Å². The van der Waals surface area contributed by atoms with Gasteiger partial charge in [-0.25, -0.2) is 0 Å². The van der Waals surface area contributed by atoms with Gasteiger partial charge in [-0.05, 0) is 10.7 Å². The lowest BCUT2D eigenvalue weighted by atomic mass is 10.2. The molecule has 0 amide bonds. The molecule has 0 fully saturated rings.